The van der Waals surface area contributed by atoms with Gasteiger partial charge in [-0.3, -0.25) is 9.78 Å². The summed E-state index contributed by atoms with van der Waals surface area (Å²) < 4.78 is 0. The van der Waals surface area contributed by atoms with E-state index in [9.17, 15) is 4.79 Å². The fourth-order valence-electron chi connectivity index (χ4n) is 3.86. The molecule has 2 aliphatic rings. The summed E-state index contributed by atoms with van der Waals surface area (Å²) in [7, 11) is 0. The van der Waals surface area contributed by atoms with E-state index < -0.39 is 0 Å². The molecular weight excluding hydrogens is 356 g/mol. The largest absolute Gasteiger partial charge is 0.370 e. The molecule has 0 saturated carbocycles. The van der Waals surface area contributed by atoms with Crippen LogP contribution in [0.5, 0.6) is 0 Å². The van der Waals surface area contributed by atoms with Crippen LogP contribution in [0, 0.1) is 5.92 Å². The van der Waals surface area contributed by atoms with Crippen LogP contribution in [0.1, 0.15) is 18.5 Å². The number of nitrogens with zero attached hydrogens (tertiary/aromatic N) is 2. The first-order chi connectivity index (χ1) is 13.3. The Kier molecular flexibility index (Phi) is 5.64. The number of nitrogens with two attached hydrogens (primary N) is 1. The first-order valence-corrected chi connectivity index (χ1v) is 10.7. The molecule has 27 heavy (non-hydrogen) atoms. The van der Waals surface area contributed by atoms with Crippen molar-refractivity contribution in [2.24, 2.45) is 11.7 Å². The van der Waals surface area contributed by atoms with Gasteiger partial charge in [0.05, 0.1) is 22.0 Å². The zero-order valence-electron chi connectivity index (χ0n) is 15.5. The maximum Gasteiger partial charge on any atom is 0.223 e. The van der Waals surface area contributed by atoms with Gasteiger partial charge < -0.3 is 16.0 Å². The second kappa shape index (κ2) is 8.31. The van der Waals surface area contributed by atoms with Gasteiger partial charge in [-0.15, -0.1) is 11.8 Å². The molecule has 2 aliphatic heterocycles. The van der Waals surface area contributed by atoms with Crippen molar-refractivity contribution in [2.75, 3.05) is 36.8 Å². The number of pyridine rings is 1. The van der Waals surface area contributed by atoms with Gasteiger partial charge in [-0.1, -0.05) is 30.3 Å². The maximum absolute atomic E-state index is 12.2. The van der Waals surface area contributed by atoms with Gasteiger partial charge in [0.25, 0.3) is 0 Å². The van der Waals surface area contributed by atoms with Crippen LogP contribution in [0.25, 0.3) is 11.3 Å². The van der Waals surface area contributed by atoms with Crippen LogP contribution in [0.2, 0.25) is 0 Å². The Morgan fingerprint density at radius 1 is 1.26 bits per heavy atom. The summed E-state index contributed by atoms with van der Waals surface area (Å²) in [6.07, 6.45) is 2.81. The second-order valence-corrected chi connectivity index (χ2v) is 8.21. The molecule has 2 aromatic rings. The van der Waals surface area contributed by atoms with Gasteiger partial charge in [0, 0.05) is 49.8 Å². The molecule has 0 aliphatic carbocycles. The molecule has 0 unspecified atom stereocenters. The minimum absolute atomic E-state index is 0.101. The summed E-state index contributed by atoms with van der Waals surface area (Å²) in [5.41, 5.74) is 10.2. The lowest BCUT2D eigenvalue weighted by Gasteiger charge is -2.34. The van der Waals surface area contributed by atoms with Crippen molar-refractivity contribution in [2.45, 2.75) is 24.2 Å². The molecule has 1 aromatic carbocycles. The monoisotopic (exact) mass is 382 g/mol. The third-order valence-electron chi connectivity index (χ3n) is 5.33. The zero-order chi connectivity index (χ0) is 18.6. The molecule has 1 amide bonds. The number of thioether (sulfide) groups is 1. The Morgan fingerprint density at radius 2 is 2.04 bits per heavy atom. The van der Waals surface area contributed by atoms with E-state index in [1.54, 1.807) is 0 Å². The molecule has 3 N–H and O–H groups in total. The molecule has 0 radical (unpaired) electrons. The lowest BCUT2D eigenvalue weighted by Crippen LogP contribution is -2.41. The van der Waals surface area contributed by atoms with Gasteiger partial charge >= 0.3 is 0 Å². The van der Waals surface area contributed by atoms with Crippen LogP contribution in [0.3, 0.4) is 0 Å². The van der Waals surface area contributed by atoms with Gasteiger partial charge in [-0.2, -0.15) is 0 Å². The van der Waals surface area contributed by atoms with E-state index in [1.165, 1.54) is 16.3 Å². The van der Waals surface area contributed by atoms with E-state index in [0.717, 1.165) is 49.4 Å². The van der Waals surface area contributed by atoms with Gasteiger partial charge in [0.1, 0.15) is 0 Å². The van der Waals surface area contributed by atoms with Crippen molar-refractivity contribution in [1.29, 1.82) is 0 Å². The molecule has 1 fully saturated rings. The van der Waals surface area contributed by atoms with Gasteiger partial charge in [0.15, 0.2) is 0 Å². The Labute approximate surface area is 164 Å². The first-order valence-electron chi connectivity index (χ1n) is 9.71. The van der Waals surface area contributed by atoms with Crippen LogP contribution in [0.15, 0.2) is 41.3 Å². The van der Waals surface area contributed by atoms with Gasteiger partial charge in [-0.05, 0) is 18.9 Å². The Bertz CT molecular complexity index is 803. The van der Waals surface area contributed by atoms with Gasteiger partial charge in [-0.25, -0.2) is 0 Å². The smallest absolute Gasteiger partial charge is 0.223 e. The van der Waals surface area contributed by atoms with E-state index in [2.05, 4.69) is 40.5 Å². The summed E-state index contributed by atoms with van der Waals surface area (Å²) in [6.45, 7) is 2.87. The third kappa shape index (κ3) is 3.96. The van der Waals surface area contributed by atoms with Crippen molar-refractivity contribution in [1.82, 2.24) is 10.3 Å². The van der Waals surface area contributed by atoms with E-state index >= 15 is 0 Å². The Morgan fingerprint density at radius 3 is 2.78 bits per heavy atom. The fourth-order valence-corrected chi connectivity index (χ4v) is 5.01. The number of nitrogens with one attached hydrogen (secondary N) is 1. The molecule has 1 saturated heterocycles. The van der Waals surface area contributed by atoms with Crippen molar-refractivity contribution in [3.8, 4) is 11.3 Å². The lowest BCUT2D eigenvalue weighted by molar-refractivity contribution is -0.125. The van der Waals surface area contributed by atoms with Crippen molar-refractivity contribution >= 4 is 23.4 Å². The summed E-state index contributed by atoms with van der Waals surface area (Å²) in [6, 6.07) is 12.6. The average Bonchev–Trinajstić information content (AvgIpc) is 3.21. The molecule has 5 nitrogen and oxygen atoms in total. The second-order valence-electron chi connectivity index (χ2n) is 7.11. The zero-order valence-corrected chi connectivity index (χ0v) is 16.3. The molecule has 0 atom stereocenters. The van der Waals surface area contributed by atoms with E-state index in [0.29, 0.717) is 13.1 Å². The summed E-state index contributed by atoms with van der Waals surface area (Å²) >= 11 is 1.91. The first kappa shape index (κ1) is 18.3. The molecule has 3 heterocycles. The fraction of sp³-hybridized carbons (Fsp3) is 0.429. The highest BCUT2D eigenvalue weighted by atomic mass is 32.2. The molecule has 1 aromatic heterocycles. The summed E-state index contributed by atoms with van der Waals surface area (Å²) in [5, 5.41) is 2.93. The average molecular weight is 383 g/mol. The molecule has 0 spiro atoms. The number of fused-ring (bicyclic) bond motifs is 1. The number of hydrogen-bond donors (Lipinski definition) is 2. The number of benzene rings is 1. The standard InChI is InChI=1S/C21H26N4OS/c22-9-10-23-21(26)16-6-11-25(12-7-16)19-14-18(15-4-2-1-3-5-15)24-17-8-13-27-20(17)19/h1-5,14,16H,6-13,22H2,(H,23,26). The molecule has 4 rings (SSSR count). The van der Waals surface area contributed by atoms with E-state index in [-0.39, 0.29) is 11.8 Å². The number of anilines is 1. The number of hydrogen-bond acceptors (Lipinski definition) is 5. The number of rotatable bonds is 5. The molecule has 0 bridgehead atoms. The maximum atomic E-state index is 12.2. The third-order valence-corrected chi connectivity index (χ3v) is 6.47. The Hall–Kier alpha value is -2.05. The van der Waals surface area contributed by atoms with Crippen LogP contribution in [0.4, 0.5) is 5.69 Å². The lowest BCUT2D eigenvalue weighted by atomic mass is 9.95. The number of piperidine rings is 1. The predicted octanol–water partition coefficient (Wildman–Crippen LogP) is 2.69. The number of aryl methyl sites for hydroxylation is 1. The normalized spacial score (nSPS) is 17.0. The highest BCUT2D eigenvalue weighted by Crippen LogP contribution is 2.41. The van der Waals surface area contributed by atoms with E-state index in [1.807, 2.05) is 17.8 Å². The van der Waals surface area contributed by atoms with Crippen molar-refractivity contribution in [3.05, 3.63) is 42.1 Å². The topological polar surface area (TPSA) is 71.2 Å². The minimum atomic E-state index is 0.101. The summed E-state index contributed by atoms with van der Waals surface area (Å²) in [4.78, 5) is 20.9. The number of carbonyl (C=O) groups is 1. The minimum Gasteiger partial charge on any atom is -0.370 e. The number of aromatic nitrogens is 1. The predicted molar refractivity (Wildman–Crippen MR) is 111 cm³/mol. The Balaban J connectivity index is 1.54. The highest BCUT2D eigenvalue weighted by molar-refractivity contribution is 7.99. The highest BCUT2D eigenvalue weighted by Gasteiger charge is 2.28. The van der Waals surface area contributed by atoms with Crippen LogP contribution in [-0.2, 0) is 11.2 Å². The quantitative estimate of drug-likeness (QED) is 0.832. The SMILES string of the molecule is NCCNC(=O)C1CCN(c2cc(-c3ccccc3)nc3c2SCC3)CC1. The van der Waals surface area contributed by atoms with Crippen LogP contribution >= 0.6 is 11.8 Å². The van der Waals surface area contributed by atoms with Crippen molar-refractivity contribution in [3.63, 3.8) is 0 Å². The van der Waals surface area contributed by atoms with E-state index in [4.69, 9.17) is 10.7 Å². The molecular formula is C21H26N4OS. The molecule has 6 heteroatoms. The van der Waals surface area contributed by atoms with Crippen molar-refractivity contribution < 1.29 is 4.79 Å². The number of amides is 1. The van der Waals surface area contributed by atoms with Crippen LogP contribution in [-0.4, -0.2) is 42.8 Å². The number of carbonyl (C=O) groups excluding carboxylic acids is 1. The van der Waals surface area contributed by atoms with Crippen LogP contribution < -0.4 is 16.0 Å². The summed E-state index contributed by atoms with van der Waals surface area (Å²) in [5.74, 6) is 1.36. The van der Waals surface area contributed by atoms with Gasteiger partial charge in [0.2, 0.25) is 5.91 Å². The molecule has 142 valence electrons.